The van der Waals surface area contributed by atoms with Gasteiger partial charge < -0.3 is 9.64 Å². The zero-order chi connectivity index (χ0) is 16.2. The summed E-state index contributed by atoms with van der Waals surface area (Å²) in [5, 5.41) is 0.943. The zero-order valence-electron chi connectivity index (χ0n) is 13.1. The lowest BCUT2D eigenvalue weighted by Crippen LogP contribution is -2.24. The van der Waals surface area contributed by atoms with Gasteiger partial charge in [-0.3, -0.25) is 4.79 Å². The summed E-state index contributed by atoms with van der Waals surface area (Å²) in [6.07, 6.45) is 12.2. The minimum atomic E-state index is -0.346. The van der Waals surface area contributed by atoms with Crippen molar-refractivity contribution in [2.24, 2.45) is 0 Å². The van der Waals surface area contributed by atoms with Gasteiger partial charge in [0.1, 0.15) is 5.52 Å². The van der Waals surface area contributed by atoms with E-state index in [0.717, 1.165) is 11.1 Å². The smallest absolute Gasteiger partial charge is 0.308 e. The van der Waals surface area contributed by atoms with Gasteiger partial charge in [-0.15, -0.1) is 0 Å². The molecule has 0 radical (unpaired) electrons. The molecule has 0 fully saturated rings. The van der Waals surface area contributed by atoms with Crippen molar-refractivity contribution in [1.82, 2.24) is 9.88 Å². The highest BCUT2D eigenvalue weighted by molar-refractivity contribution is 5.87. The van der Waals surface area contributed by atoms with Crippen LogP contribution in [0.25, 0.3) is 17.0 Å². The third-order valence-electron chi connectivity index (χ3n) is 3.63. The topological polar surface area (TPSA) is 42.4 Å². The van der Waals surface area contributed by atoms with Crippen LogP contribution >= 0.6 is 0 Å². The molecule has 0 saturated carbocycles. The average molecular weight is 306 g/mol. The highest BCUT2D eigenvalue weighted by atomic mass is 16.5. The average Bonchev–Trinajstić information content (AvgIpc) is 2.54. The maximum Gasteiger partial charge on any atom is 0.308 e. The van der Waals surface area contributed by atoms with E-state index in [9.17, 15) is 4.79 Å². The van der Waals surface area contributed by atoms with E-state index >= 15 is 0 Å². The fourth-order valence-corrected chi connectivity index (χ4v) is 2.46. The molecule has 1 aliphatic heterocycles. The summed E-state index contributed by atoms with van der Waals surface area (Å²) in [6.45, 7) is 1.39. The lowest BCUT2D eigenvalue weighted by Gasteiger charge is -2.23. The zero-order valence-corrected chi connectivity index (χ0v) is 13.1. The van der Waals surface area contributed by atoms with E-state index in [-0.39, 0.29) is 12.0 Å². The van der Waals surface area contributed by atoms with E-state index in [1.165, 1.54) is 6.92 Å². The molecule has 1 atom stereocenters. The minimum Gasteiger partial charge on any atom is -0.424 e. The summed E-state index contributed by atoms with van der Waals surface area (Å²) < 4.78 is 5.24. The first-order valence-electron chi connectivity index (χ1n) is 7.47. The summed E-state index contributed by atoms with van der Waals surface area (Å²) in [4.78, 5) is 18.0. The lowest BCUT2D eigenvalue weighted by molar-refractivity contribution is -0.131. The van der Waals surface area contributed by atoms with E-state index < -0.39 is 0 Å². The van der Waals surface area contributed by atoms with Crippen molar-refractivity contribution in [3.05, 3.63) is 66.5 Å². The van der Waals surface area contributed by atoms with E-state index in [1.54, 1.807) is 6.07 Å². The summed E-state index contributed by atoms with van der Waals surface area (Å²) in [5.41, 5.74) is 1.52. The Labute approximate surface area is 135 Å². The molecule has 23 heavy (non-hydrogen) atoms. The number of carbonyl (C=O) groups excluding carboxylic acids is 1. The number of pyridine rings is 1. The lowest BCUT2D eigenvalue weighted by atomic mass is 10.1. The molecule has 4 nitrogen and oxygen atoms in total. The van der Waals surface area contributed by atoms with Crippen molar-refractivity contribution in [3.8, 4) is 5.75 Å². The van der Waals surface area contributed by atoms with Crippen LogP contribution < -0.4 is 4.74 Å². The number of allylic oxidation sites excluding steroid dienone is 2. The van der Waals surface area contributed by atoms with Crippen molar-refractivity contribution >= 4 is 22.9 Å². The Bertz CT molecular complexity index is 821. The van der Waals surface area contributed by atoms with Crippen molar-refractivity contribution in [2.45, 2.75) is 13.0 Å². The van der Waals surface area contributed by atoms with Gasteiger partial charge in [-0.1, -0.05) is 36.4 Å². The molecule has 1 aromatic carbocycles. The van der Waals surface area contributed by atoms with Crippen molar-refractivity contribution in [1.29, 1.82) is 0 Å². The molecule has 3 rings (SSSR count). The monoisotopic (exact) mass is 306 g/mol. The van der Waals surface area contributed by atoms with Crippen LogP contribution in [0.4, 0.5) is 0 Å². The second-order valence-corrected chi connectivity index (χ2v) is 5.40. The van der Waals surface area contributed by atoms with Crippen LogP contribution in [0.15, 0.2) is 60.8 Å². The number of ether oxygens (including phenoxy) is 1. The number of rotatable bonds is 3. The normalized spacial score (nSPS) is 17.1. The number of hydrogen-bond acceptors (Lipinski definition) is 4. The highest BCUT2D eigenvalue weighted by Crippen LogP contribution is 2.24. The van der Waals surface area contributed by atoms with Gasteiger partial charge in [-0.25, -0.2) is 4.98 Å². The molecule has 0 N–H and O–H groups in total. The first kappa shape index (κ1) is 15.0. The van der Waals surface area contributed by atoms with Crippen LogP contribution in [0.5, 0.6) is 5.75 Å². The number of esters is 1. The quantitative estimate of drug-likeness (QED) is 0.642. The standard InChI is InChI=1S/C19H18N2O2/c1-14(22)23-18-8-5-6-15-9-10-16(20-19(15)18)11-12-17-7-3-4-13-21(17)2/h3-13,17H,1-2H3/b12-11+. The Kier molecular flexibility index (Phi) is 4.24. The van der Waals surface area contributed by atoms with Gasteiger partial charge in [0.05, 0.1) is 11.7 Å². The van der Waals surface area contributed by atoms with Crippen molar-refractivity contribution in [2.75, 3.05) is 7.05 Å². The van der Waals surface area contributed by atoms with Crippen LogP contribution in [0.2, 0.25) is 0 Å². The first-order chi connectivity index (χ1) is 11.1. The van der Waals surface area contributed by atoms with Gasteiger partial charge in [0.15, 0.2) is 5.75 Å². The molecule has 0 spiro atoms. The number of para-hydroxylation sites is 1. The molecule has 1 unspecified atom stereocenters. The molecule has 0 bridgehead atoms. The molecular weight excluding hydrogens is 288 g/mol. The van der Waals surface area contributed by atoms with E-state index in [1.807, 2.05) is 55.7 Å². The van der Waals surface area contributed by atoms with Gasteiger partial charge >= 0.3 is 5.97 Å². The molecule has 1 aliphatic rings. The third-order valence-corrected chi connectivity index (χ3v) is 3.63. The van der Waals surface area contributed by atoms with Crippen LogP contribution in [-0.2, 0) is 4.79 Å². The van der Waals surface area contributed by atoms with Gasteiger partial charge in [0.25, 0.3) is 0 Å². The maximum atomic E-state index is 11.2. The number of hydrogen-bond donors (Lipinski definition) is 0. The van der Waals surface area contributed by atoms with Gasteiger partial charge in [0, 0.05) is 19.4 Å². The molecule has 4 heteroatoms. The largest absolute Gasteiger partial charge is 0.424 e. The third kappa shape index (κ3) is 3.48. The van der Waals surface area contributed by atoms with Crippen LogP contribution in [0, 0.1) is 0 Å². The van der Waals surface area contributed by atoms with Crippen molar-refractivity contribution < 1.29 is 9.53 Å². The molecule has 2 aromatic rings. The molecule has 116 valence electrons. The van der Waals surface area contributed by atoms with E-state index in [4.69, 9.17) is 4.74 Å². The fraction of sp³-hybridized carbons (Fsp3) is 0.158. The fourth-order valence-electron chi connectivity index (χ4n) is 2.46. The van der Waals surface area contributed by atoms with E-state index in [2.05, 4.69) is 22.0 Å². The van der Waals surface area contributed by atoms with E-state index in [0.29, 0.717) is 11.3 Å². The number of likely N-dealkylation sites (N-methyl/N-ethyl adjacent to an activating group) is 1. The summed E-state index contributed by atoms with van der Waals surface area (Å²) in [7, 11) is 2.03. The second kappa shape index (κ2) is 6.48. The Morgan fingerprint density at radius 3 is 2.91 bits per heavy atom. The van der Waals surface area contributed by atoms with Crippen LogP contribution in [0.3, 0.4) is 0 Å². The molecule has 0 saturated heterocycles. The first-order valence-corrected chi connectivity index (χ1v) is 7.47. The summed E-state index contributed by atoms with van der Waals surface area (Å²) >= 11 is 0. The second-order valence-electron chi connectivity index (χ2n) is 5.40. The Balaban J connectivity index is 1.91. The molecule has 0 amide bonds. The highest BCUT2D eigenvalue weighted by Gasteiger charge is 2.08. The Morgan fingerprint density at radius 2 is 2.13 bits per heavy atom. The molecule has 1 aromatic heterocycles. The number of benzene rings is 1. The number of nitrogens with zero attached hydrogens (tertiary/aromatic N) is 2. The van der Waals surface area contributed by atoms with Gasteiger partial charge in [-0.05, 0) is 30.5 Å². The van der Waals surface area contributed by atoms with Gasteiger partial charge in [0.2, 0.25) is 0 Å². The van der Waals surface area contributed by atoms with Crippen molar-refractivity contribution in [3.63, 3.8) is 0 Å². The van der Waals surface area contributed by atoms with Crippen LogP contribution in [0.1, 0.15) is 12.6 Å². The summed E-state index contributed by atoms with van der Waals surface area (Å²) in [6, 6.07) is 9.71. The minimum absolute atomic E-state index is 0.209. The number of fused-ring (bicyclic) bond motifs is 1. The Hall–Kier alpha value is -2.88. The number of aromatic nitrogens is 1. The predicted octanol–water partition coefficient (Wildman–Crippen LogP) is 3.56. The van der Waals surface area contributed by atoms with Gasteiger partial charge in [-0.2, -0.15) is 0 Å². The number of carbonyl (C=O) groups is 1. The molecule has 0 aliphatic carbocycles. The predicted molar refractivity (Wildman–Crippen MR) is 91.9 cm³/mol. The SMILES string of the molecule is CC(=O)Oc1cccc2ccc(/C=C/C3C=CC=CN3C)nc12. The van der Waals surface area contributed by atoms with Crippen LogP contribution in [-0.4, -0.2) is 28.9 Å². The Morgan fingerprint density at radius 1 is 1.26 bits per heavy atom. The molecular formula is C19H18N2O2. The summed E-state index contributed by atoms with van der Waals surface area (Å²) in [5.74, 6) is 0.142. The maximum absolute atomic E-state index is 11.2. The molecule has 2 heterocycles.